The van der Waals surface area contributed by atoms with Crippen LogP contribution in [0.1, 0.15) is 52.4 Å². The standard InChI is InChI=1S/C13H24O3/c1-3-5-7-9-11(15)8-12(16)13(9)10(14)6-4-2/h9-11,13-15H,3-8H2,1-2H3. The molecule has 94 valence electrons. The van der Waals surface area contributed by atoms with Crippen molar-refractivity contribution in [3.05, 3.63) is 0 Å². The van der Waals surface area contributed by atoms with Gasteiger partial charge in [0.2, 0.25) is 0 Å². The number of hydrogen-bond acceptors (Lipinski definition) is 3. The van der Waals surface area contributed by atoms with Crippen molar-refractivity contribution in [2.45, 2.75) is 64.6 Å². The Balaban J connectivity index is 2.65. The molecule has 0 heterocycles. The Kier molecular flexibility index (Phi) is 5.42. The van der Waals surface area contributed by atoms with Crippen LogP contribution in [-0.4, -0.2) is 28.2 Å². The maximum Gasteiger partial charge on any atom is 0.141 e. The Hall–Kier alpha value is -0.410. The Bertz CT molecular complexity index is 227. The van der Waals surface area contributed by atoms with Gasteiger partial charge in [-0.3, -0.25) is 4.79 Å². The van der Waals surface area contributed by atoms with Crippen molar-refractivity contribution in [1.29, 1.82) is 0 Å². The highest BCUT2D eigenvalue weighted by molar-refractivity contribution is 5.84. The van der Waals surface area contributed by atoms with E-state index in [1.807, 2.05) is 6.92 Å². The smallest absolute Gasteiger partial charge is 0.141 e. The van der Waals surface area contributed by atoms with Gasteiger partial charge in [-0.15, -0.1) is 0 Å². The third kappa shape index (κ3) is 3.05. The number of aliphatic hydroxyl groups excluding tert-OH is 2. The predicted octanol–water partition coefficient (Wildman–Crippen LogP) is 1.90. The summed E-state index contributed by atoms with van der Waals surface area (Å²) in [5, 5.41) is 19.8. The molecular formula is C13H24O3. The first-order valence-electron chi connectivity index (χ1n) is 6.50. The number of hydrogen-bond donors (Lipinski definition) is 2. The number of aliphatic hydroxyl groups is 2. The van der Waals surface area contributed by atoms with Gasteiger partial charge >= 0.3 is 0 Å². The van der Waals surface area contributed by atoms with E-state index in [0.717, 1.165) is 25.7 Å². The van der Waals surface area contributed by atoms with E-state index in [0.29, 0.717) is 6.42 Å². The molecule has 0 aliphatic heterocycles. The second kappa shape index (κ2) is 6.36. The van der Waals surface area contributed by atoms with Gasteiger partial charge in [0.1, 0.15) is 5.78 Å². The van der Waals surface area contributed by atoms with Gasteiger partial charge in [0, 0.05) is 12.3 Å². The third-order valence-corrected chi connectivity index (χ3v) is 3.63. The first-order chi connectivity index (χ1) is 7.61. The van der Waals surface area contributed by atoms with Gasteiger partial charge in [-0.1, -0.05) is 33.1 Å². The van der Waals surface area contributed by atoms with Crippen molar-refractivity contribution in [3.63, 3.8) is 0 Å². The van der Waals surface area contributed by atoms with E-state index in [9.17, 15) is 15.0 Å². The lowest BCUT2D eigenvalue weighted by molar-refractivity contribution is -0.124. The van der Waals surface area contributed by atoms with E-state index < -0.39 is 12.2 Å². The molecule has 1 rings (SSSR count). The quantitative estimate of drug-likeness (QED) is 0.730. The van der Waals surface area contributed by atoms with E-state index >= 15 is 0 Å². The van der Waals surface area contributed by atoms with Crippen LogP contribution in [0.2, 0.25) is 0 Å². The van der Waals surface area contributed by atoms with Crippen LogP contribution < -0.4 is 0 Å². The summed E-state index contributed by atoms with van der Waals surface area (Å²) in [6, 6.07) is 0. The third-order valence-electron chi connectivity index (χ3n) is 3.63. The van der Waals surface area contributed by atoms with Crippen LogP contribution in [0, 0.1) is 11.8 Å². The average molecular weight is 228 g/mol. The molecule has 4 unspecified atom stereocenters. The molecule has 0 aromatic heterocycles. The maximum atomic E-state index is 11.8. The van der Waals surface area contributed by atoms with E-state index in [2.05, 4.69) is 6.92 Å². The fourth-order valence-electron chi connectivity index (χ4n) is 2.76. The van der Waals surface area contributed by atoms with Crippen LogP contribution in [0.15, 0.2) is 0 Å². The van der Waals surface area contributed by atoms with Crippen molar-refractivity contribution < 1.29 is 15.0 Å². The fourth-order valence-corrected chi connectivity index (χ4v) is 2.76. The highest BCUT2D eigenvalue weighted by Gasteiger charge is 2.44. The second-order valence-corrected chi connectivity index (χ2v) is 4.93. The maximum absolute atomic E-state index is 11.8. The molecule has 1 aliphatic carbocycles. The van der Waals surface area contributed by atoms with Crippen molar-refractivity contribution in [2.24, 2.45) is 11.8 Å². The van der Waals surface area contributed by atoms with Crippen LogP contribution in [0.4, 0.5) is 0 Å². The summed E-state index contributed by atoms with van der Waals surface area (Å²) in [4.78, 5) is 11.8. The van der Waals surface area contributed by atoms with Crippen molar-refractivity contribution in [3.8, 4) is 0 Å². The summed E-state index contributed by atoms with van der Waals surface area (Å²) in [7, 11) is 0. The first kappa shape index (κ1) is 13.7. The van der Waals surface area contributed by atoms with Crippen LogP contribution in [0.25, 0.3) is 0 Å². The second-order valence-electron chi connectivity index (χ2n) is 4.93. The minimum absolute atomic E-state index is 0.0194. The summed E-state index contributed by atoms with van der Waals surface area (Å²) in [6.45, 7) is 4.10. The van der Waals surface area contributed by atoms with Crippen LogP contribution in [-0.2, 0) is 4.79 Å². The van der Waals surface area contributed by atoms with Gasteiger partial charge in [-0.25, -0.2) is 0 Å². The molecule has 1 aliphatic rings. The van der Waals surface area contributed by atoms with Crippen molar-refractivity contribution >= 4 is 5.78 Å². The van der Waals surface area contributed by atoms with E-state index in [1.54, 1.807) is 0 Å². The minimum Gasteiger partial charge on any atom is -0.392 e. The summed E-state index contributed by atoms with van der Waals surface area (Å²) in [5.41, 5.74) is 0. The van der Waals surface area contributed by atoms with E-state index in [1.165, 1.54) is 0 Å². The Morgan fingerprint density at radius 2 is 2.06 bits per heavy atom. The molecule has 0 aromatic carbocycles. The van der Waals surface area contributed by atoms with E-state index in [-0.39, 0.29) is 24.0 Å². The molecular weight excluding hydrogens is 204 g/mol. The predicted molar refractivity (Wildman–Crippen MR) is 63.1 cm³/mol. The molecule has 2 N–H and O–H groups in total. The largest absolute Gasteiger partial charge is 0.392 e. The lowest BCUT2D eigenvalue weighted by Gasteiger charge is -2.24. The summed E-state index contributed by atoms with van der Waals surface area (Å²) >= 11 is 0. The molecule has 1 saturated carbocycles. The first-order valence-corrected chi connectivity index (χ1v) is 6.50. The van der Waals surface area contributed by atoms with Gasteiger partial charge in [-0.05, 0) is 18.8 Å². The average Bonchev–Trinajstić information content (AvgIpc) is 2.50. The molecule has 0 bridgehead atoms. The van der Waals surface area contributed by atoms with Gasteiger partial charge in [-0.2, -0.15) is 0 Å². The number of carbonyl (C=O) groups excluding carboxylic acids is 1. The molecule has 3 heteroatoms. The van der Waals surface area contributed by atoms with Crippen LogP contribution in [0.5, 0.6) is 0 Å². The number of carbonyl (C=O) groups is 1. The topological polar surface area (TPSA) is 57.5 Å². The Labute approximate surface area is 97.9 Å². The molecule has 1 fully saturated rings. The minimum atomic E-state index is -0.559. The van der Waals surface area contributed by atoms with Crippen LogP contribution >= 0.6 is 0 Å². The monoisotopic (exact) mass is 228 g/mol. The van der Waals surface area contributed by atoms with Gasteiger partial charge < -0.3 is 10.2 Å². The molecule has 16 heavy (non-hydrogen) atoms. The number of rotatable bonds is 6. The molecule has 0 saturated heterocycles. The Morgan fingerprint density at radius 1 is 1.38 bits per heavy atom. The highest BCUT2D eigenvalue weighted by Crippen LogP contribution is 2.36. The normalized spacial score (nSPS) is 32.0. The number of unbranched alkanes of at least 4 members (excludes halogenated alkanes) is 1. The fraction of sp³-hybridized carbons (Fsp3) is 0.923. The molecule has 0 aromatic rings. The molecule has 0 radical (unpaired) electrons. The zero-order chi connectivity index (χ0) is 12.1. The zero-order valence-corrected chi connectivity index (χ0v) is 10.4. The molecule has 3 nitrogen and oxygen atoms in total. The van der Waals surface area contributed by atoms with Gasteiger partial charge in [0.15, 0.2) is 0 Å². The summed E-state index contributed by atoms with van der Waals surface area (Å²) in [5.74, 6) is -0.287. The SMILES string of the molecule is CCCCC1C(O)CC(=O)C1C(O)CCC. The number of Topliss-reactive ketones (excluding diaryl/α,β-unsaturated/α-hetero) is 1. The zero-order valence-electron chi connectivity index (χ0n) is 10.4. The summed E-state index contributed by atoms with van der Waals surface area (Å²) in [6.07, 6.45) is 3.62. The highest BCUT2D eigenvalue weighted by atomic mass is 16.3. The molecule has 0 spiro atoms. The van der Waals surface area contributed by atoms with Crippen LogP contribution in [0.3, 0.4) is 0 Å². The lowest BCUT2D eigenvalue weighted by Crippen LogP contribution is -2.31. The number of ketones is 1. The van der Waals surface area contributed by atoms with Crippen molar-refractivity contribution in [2.75, 3.05) is 0 Å². The van der Waals surface area contributed by atoms with Crippen molar-refractivity contribution in [1.82, 2.24) is 0 Å². The summed E-state index contributed by atoms with van der Waals surface area (Å²) < 4.78 is 0. The lowest BCUT2D eigenvalue weighted by atomic mass is 9.84. The van der Waals surface area contributed by atoms with Gasteiger partial charge in [0.05, 0.1) is 12.2 Å². The molecule has 0 amide bonds. The van der Waals surface area contributed by atoms with Gasteiger partial charge in [0.25, 0.3) is 0 Å². The van der Waals surface area contributed by atoms with E-state index in [4.69, 9.17) is 0 Å². The Morgan fingerprint density at radius 3 is 2.62 bits per heavy atom. The molecule has 4 atom stereocenters.